The monoisotopic (exact) mass is 257 g/mol. The second-order valence-electron chi connectivity index (χ2n) is 5.45. The van der Waals surface area contributed by atoms with Crippen molar-refractivity contribution in [1.82, 2.24) is 0 Å². The molecule has 0 radical (unpaired) electrons. The third kappa shape index (κ3) is 13.9. The summed E-state index contributed by atoms with van der Waals surface area (Å²) in [5, 5.41) is 0. The van der Waals surface area contributed by atoms with Crippen molar-refractivity contribution in [1.29, 1.82) is 0 Å². The van der Waals surface area contributed by atoms with Gasteiger partial charge in [-0.1, -0.05) is 51.4 Å². The maximum atomic E-state index is 6.00. The van der Waals surface area contributed by atoms with Crippen LogP contribution >= 0.6 is 0 Å². The predicted octanol–water partition coefficient (Wildman–Crippen LogP) is 2.91. The molecule has 0 amide bonds. The molecule has 6 N–H and O–H groups in total. The molecule has 110 valence electrons. The van der Waals surface area contributed by atoms with Crippen molar-refractivity contribution in [2.75, 3.05) is 13.1 Å². The van der Waals surface area contributed by atoms with Crippen molar-refractivity contribution in [2.24, 2.45) is 17.2 Å². The molecule has 0 aliphatic rings. The summed E-state index contributed by atoms with van der Waals surface area (Å²) in [5.74, 6) is 0. The number of hydrogen-bond donors (Lipinski definition) is 3. The maximum absolute atomic E-state index is 6.00. The quantitative estimate of drug-likeness (QED) is 0.419. The van der Waals surface area contributed by atoms with Crippen LogP contribution in [0.1, 0.15) is 77.0 Å². The Kier molecular flexibility index (Phi) is 14.8. The Bertz CT molecular complexity index is 151. The van der Waals surface area contributed by atoms with Gasteiger partial charge in [-0.05, 0) is 38.8 Å². The van der Waals surface area contributed by atoms with E-state index in [9.17, 15) is 0 Å². The average Bonchev–Trinajstić information content (AvgIpc) is 2.38. The van der Waals surface area contributed by atoms with E-state index < -0.39 is 0 Å². The fourth-order valence-electron chi connectivity index (χ4n) is 2.31. The van der Waals surface area contributed by atoms with Gasteiger partial charge in [0.2, 0.25) is 0 Å². The van der Waals surface area contributed by atoms with E-state index in [-0.39, 0.29) is 0 Å². The van der Waals surface area contributed by atoms with Crippen molar-refractivity contribution in [3.05, 3.63) is 0 Å². The minimum absolute atomic E-state index is 0.379. The zero-order chi connectivity index (χ0) is 13.5. The van der Waals surface area contributed by atoms with Crippen LogP contribution in [0.4, 0.5) is 0 Å². The van der Waals surface area contributed by atoms with E-state index in [4.69, 9.17) is 17.2 Å². The molecule has 0 heterocycles. The molecule has 1 atom stereocenters. The lowest BCUT2D eigenvalue weighted by molar-refractivity contribution is 0.498. The average molecular weight is 257 g/mol. The van der Waals surface area contributed by atoms with Gasteiger partial charge in [0.05, 0.1) is 0 Å². The minimum atomic E-state index is 0.379. The van der Waals surface area contributed by atoms with Gasteiger partial charge in [-0.2, -0.15) is 0 Å². The highest BCUT2D eigenvalue weighted by Gasteiger charge is 2.01. The van der Waals surface area contributed by atoms with Gasteiger partial charge in [0, 0.05) is 6.04 Å². The molecule has 0 spiro atoms. The molecule has 0 aliphatic carbocycles. The van der Waals surface area contributed by atoms with Crippen LogP contribution < -0.4 is 17.2 Å². The van der Waals surface area contributed by atoms with Crippen molar-refractivity contribution in [3.8, 4) is 0 Å². The van der Waals surface area contributed by atoms with Crippen molar-refractivity contribution in [2.45, 2.75) is 83.1 Å². The van der Waals surface area contributed by atoms with Crippen molar-refractivity contribution >= 4 is 0 Å². The second kappa shape index (κ2) is 14.9. The Hall–Kier alpha value is -0.120. The first-order chi connectivity index (χ1) is 8.81. The van der Waals surface area contributed by atoms with Crippen LogP contribution in [0.25, 0.3) is 0 Å². The van der Waals surface area contributed by atoms with E-state index in [1.165, 1.54) is 64.2 Å². The highest BCUT2D eigenvalue weighted by Crippen LogP contribution is 2.11. The van der Waals surface area contributed by atoms with Crippen LogP contribution in [0.3, 0.4) is 0 Å². The maximum Gasteiger partial charge on any atom is 0.00392 e. The number of rotatable bonds is 14. The molecule has 0 rings (SSSR count). The first-order valence-electron chi connectivity index (χ1n) is 7.97. The summed E-state index contributed by atoms with van der Waals surface area (Å²) in [6, 6.07) is 0.379. The molecule has 0 fully saturated rings. The highest BCUT2D eigenvalue weighted by atomic mass is 14.6. The smallest absolute Gasteiger partial charge is 0.00392 e. The Balaban J connectivity index is 3.02. The van der Waals surface area contributed by atoms with E-state index in [0.717, 1.165) is 25.9 Å². The van der Waals surface area contributed by atoms with Gasteiger partial charge in [-0.15, -0.1) is 0 Å². The first-order valence-corrected chi connectivity index (χ1v) is 7.97. The van der Waals surface area contributed by atoms with Crippen molar-refractivity contribution < 1.29 is 0 Å². The zero-order valence-corrected chi connectivity index (χ0v) is 12.2. The normalized spacial score (nSPS) is 12.8. The standard InChI is InChI=1S/C15H35N3/c16-13-9-7-5-3-1-2-4-6-8-11-15(18)12-10-14-17/h15H,1-14,16-18H2. The first kappa shape index (κ1) is 17.9. The van der Waals surface area contributed by atoms with E-state index in [0.29, 0.717) is 6.04 Å². The molecule has 3 heteroatoms. The van der Waals surface area contributed by atoms with E-state index in [1.54, 1.807) is 0 Å². The molecule has 1 unspecified atom stereocenters. The molecular weight excluding hydrogens is 222 g/mol. The molecule has 3 nitrogen and oxygen atoms in total. The predicted molar refractivity (Wildman–Crippen MR) is 81.5 cm³/mol. The Morgan fingerprint density at radius 1 is 0.500 bits per heavy atom. The van der Waals surface area contributed by atoms with Gasteiger partial charge in [0.15, 0.2) is 0 Å². The lowest BCUT2D eigenvalue weighted by Gasteiger charge is -2.10. The largest absolute Gasteiger partial charge is 0.330 e. The molecule has 0 bridgehead atoms. The topological polar surface area (TPSA) is 78.1 Å². The van der Waals surface area contributed by atoms with Crippen molar-refractivity contribution in [3.63, 3.8) is 0 Å². The SMILES string of the molecule is NCCCCCCCCCCCC(N)CCCN. The Labute approximate surface area is 114 Å². The summed E-state index contributed by atoms with van der Waals surface area (Å²) in [6.07, 6.45) is 15.4. The van der Waals surface area contributed by atoms with Gasteiger partial charge in [-0.3, -0.25) is 0 Å². The van der Waals surface area contributed by atoms with Crippen LogP contribution in [0.15, 0.2) is 0 Å². The van der Waals surface area contributed by atoms with Gasteiger partial charge < -0.3 is 17.2 Å². The van der Waals surface area contributed by atoms with Gasteiger partial charge in [0.25, 0.3) is 0 Å². The molecule has 0 saturated heterocycles. The fourth-order valence-corrected chi connectivity index (χ4v) is 2.31. The van der Waals surface area contributed by atoms with Crippen LogP contribution in [-0.2, 0) is 0 Å². The lowest BCUT2D eigenvalue weighted by atomic mass is 10.0. The summed E-state index contributed by atoms with van der Waals surface area (Å²) < 4.78 is 0. The minimum Gasteiger partial charge on any atom is -0.330 e. The molecule has 0 aromatic rings. The highest BCUT2D eigenvalue weighted by molar-refractivity contribution is 4.61. The summed E-state index contributed by atoms with van der Waals surface area (Å²) in [7, 11) is 0. The summed E-state index contributed by atoms with van der Waals surface area (Å²) in [5.41, 5.74) is 16.9. The van der Waals surface area contributed by atoms with E-state index >= 15 is 0 Å². The van der Waals surface area contributed by atoms with Gasteiger partial charge in [-0.25, -0.2) is 0 Å². The lowest BCUT2D eigenvalue weighted by Crippen LogP contribution is -2.20. The third-order valence-electron chi connectivity index (χ3n) is 3.56. The number of hydrogen-bond acceptors (Lipinski definition) is 3. The van der Waals surface area contributed by atoms with Crippen LogP contribution in [0.2, 0.25) is 0 Å². The van der Waals surface area contributed by atoms with Crippen LogP contribution in [-0.4, -0.2) is 19.1 Å². The Morgan fingerprint density at radius 3 is 1.39 bits per heavy atom. The summed E-state index contributed by atoms with van der Waals surface area (Å²) in [6.45, 7) is 1.63. The molecule has 0 aromatic heterocycles. The van der Waals surface area contributed by atoms with Crippen LogP contribution in [0.5, 0.6) is 0 Å². The zero-order valence-electron chi connectivity index (χ0n) is 12.2. The number of nitrogens with two attached hydrogens (primary N) is 3. The van der Waals surface area contributed by atoms with E-state index in [2.05, 4.69) is 0 Å². The second-order valence-corrected chi connectivity index (χ2v) is 5.45. The molecule has 0 aliphatic heterocycles. The summed E-state index contributed by atoms with van der Waals surface area (Å²) in [4.78, 5) is 0. The molecule has 0 aromatic carbocycles. The van der Waals surface area contributed by atoms with Gasteiger partial charge in [0.1, 0.15) is 0 Å². The third-order valence-corrected chi connectivity index (χ3v) is 3.56. The number of unbranched alkanes of at least 4 members (excludes halogenated alkanes) is 8. The molecule has 0 saturated carbocycles. The molecular formula is C15H35N3. The fraction of sp³-hybridized carbons (Fsp3) is 1.00. The van der Waals surface area contributed by atoms with Gasteiger partial charge >= 0.3 is 0 Å². The Morgan fingerprint density at radius 2 is 0.889 bits per heavy atom. The molecule has 18 heavy (non-hydrogen) atoms. The van der Waals surface area contributed by atoms with Crippen LogP contribution in [0, 0.1) is 0 Å². The van der Waals surface area contributed by atoms with E-state index in [1.807, 2.05) is 0 Å². The summed E-state index contributed by atoms with van der Waals surface area (Å²) >= 11 is 0.